The summed E-state index contributed by atoms with van der Waals surface area (Å²) in [6.07, 6.45) is -1.58. The molecule has 0 atom stereocenters. The maximum Gasteiger partial charge on any atom is 1.00 e. The summed E-state index contributed by atoms with van der Waals surface area (Å²) < 4.78 is 2.44. The van der Waals surface area contributed by atoms with Crippen molar-refractivity contribution < 1.29 is 123 Å². The average molecular weight is 523 g/mol. The van der Waals surface area contributed by atoms with Crippen LogP contribution in [0.2, 0.25) is 0 Å². The number of carbonyl (C=O) groups is 2. The van der Waals surface area contributed by atoms with Crippen LogP contribution >= 0.6 is 45.2 Å². The predicted octanol–water partition coefficient (Wildman–Crippen LogP) is -5.85. The zero-order chi connectivity index (χ0) is 13.3. The first kappa shape index (κ1) is 37.1. The van der Waals surface area contributed by atoms with Crippen LogP contribution in [0.15, 0.2) is 0 Å². The van der Waals surface area contributed by atoms with Crippen molar-refractivity contribution in [1.82, 2.24) is 4.90 Å². The van der Waals surface area contributed by atoms with E-state index in [1.807, 2.05) is 0 Å². The Balaban J connectivity index is -0.0000000234. The molecule has 17 heavy (non-hydrogen) atoms. The van der Waals surface area contributed by atoms with E-state index in [0.717, 1.165) is 6.41 Å². The zero-order valence-electron chi connectivity index (χ0n) is 11.3. The van der Waals surface area contributed by atoms with Crippen LogP contribution < -0.4 is 113 Å². The smallest absolute Gasteiger partial charge is 0.652 e. The molecule has 0 saturated heterocycles. The molecule has 9 heteroatoms. The molecular weight excluding hydrogens is 506 g/mol. The summed E-state index contributed by atoms with van der Waals surface area (Å²) in [5, 5.41) is 16.7. The maximum absolute atomic E-state index is 9.43. The van der Waals surface area contributed by atoms with E-state index < -0.39 is 6.16 Å². The minimum atomic E-state index is -2.33. The van der Waals surface area contributed by atoms with Gasteiger partial charge in [0.2, 0.25) is 6.41 Å². The third-order valence-electron chi connectivity index (χ3n) is 0.211. The Kier molecular flexibility index (Phi) is 93.1. The molecule has 5 nitrogen and oxygen atoms in total. The van der Waals surface area contributed by atoms with Gasteiger partial charge in [-0.3, -0.25) is 4.79 Å². The van der Waals surface area contributed by atoms with Gasteiger partial charge in [-0.2, -0.15) is 0 Å². The largest absolute Gasteiger partial charge is 1.00 e. The SMILES string of the molecule is CCI.CCI.CN(C)C=O.O=C([O-])[O-].[K+].[K+]. The molecule has 0 aromatic heterocycles. The molecule has 0 rings (SSSR count). The van der Waals surface area contributed by atoms with E-state index in [1.54, 1.807) is 14.1 Å². The van der Waals surface area contributed by atoms with E-state index >= 15 is 0 Å². The third kappa shape index (κ3) is 198. The minimum absolute atomic E-state index is 0. The molecule has 0 heterocycles. The summed E-state index contributed by atoms with van der Waals surface area (Å²) >= 11 is 4.58. The maximum atomic E-state index is 9.43. The standard InChI is InChI=1S/C3H7NO.2C2H5I.CH2O3.2K/c1-4(2)3-5;2*1-2-3;2-1(3)4;;/h3H,1-2H3;2*2H2,1H3;(H2,2,3,4);;/q;;;;2*+1/p-2. The van der Waals surface area contributed by atoms with Crippen molar-refractivity contribution >= 4 is 57.7 Å². The van der Waals surface area contributed by atoms with Crippen molar-refractivity contribution in [3.05, 3.63) is 0 Å². The van der Waals surface area contributed by atoms with Gasteiger partial charge in [-0.15, -0.1) is 0 Å². The summed E-state index contributed by atoms with van der Waals surface area (Å²) in [5.41, 5.74) is 0. The molecule has 0 spiro atoms. The molecule has 0 aliphatic carbocycles. The summed E-state index contributed by atoms with van der Waals surface area (Å²) in [7, 11) is 3.38. The van der Waals surface area contributed by atoms with Crippen molar-refractivity contribution in [1.29, 1.82) is 0 Å². The summed E-state index contributed by atoms with van der Waals surface area (Å²) in [6.45, 7) is 4.22. The fraction of sp³-hybridized carbons (Fsp3) is 0.750. The first-order valence-electron chi connectivity index (χ1n) is 3.95. The number of amides is 1. The Labute approximate surface area is 216 Å². The molecule has 0 unspecified atom stereocenters. The second kappa shape index (κ2) is 42.7. The Morgan fingerprint density at radius 3 is 1.18 bits per heavy atom. The van der Waals surface area contributed by atoms with Gasteiger partial charge in [-0.05, 0) is 15.0 Å². The number of nitrogens with zero attached hydrogens (tertiary/aromatic N) is 1. The van der Waals surface area contributed by atoms with E-state index in [9.17, 15) is 4.79 Å². The number of carbonyl (C=O) groups excluding carboxylic acids is 2. The third-order valence-corrected chi connectivity index (χ3v) is 0.211. The Hall–Kier alpha value is 3.47. The molecule has 0 N–H and O–H groups in total. The Bertz CT molecular complexity index is 126. The molecule has 0 saturated carbocycles. The first-order chi connectivity index (χ1) is 6.83. The molecule has 0 aliphatic heterocycles. The molecule has 0 aromatic carbocycles. The van der Waals surface area contributed by atoms with Crippen molar-refractivity contribution in [2.45, 2.75) is 13.8 Å². The predicted molar refractivity (Wildman–Crippen MR) is 74.3 cm³/mol. The second-order valence-electron chi connectivity index (χ2n) is 1.85. The van der Waals surface area contributed by atoms with Crippen LogP contribution in [0, 0.1) is 0 Å². The van der Waals surface area contributed by atoms with E-state index in [-0.39, 0.29) is 103 Å². The molecule has 1 amide bonds. The van der Waals surface area contributed by atoms with Crippen LogP contribution in [0.5, 0.6) is 0 Å². The molecule has 0 bridgehead atoms. The van der Waals surface area contributed by atoms with Crippen LogP contribution in [0.4, 0.5) is 4.79 Å². The molecule has 0 fully saturated rings. The van der Waals surface area contributed by atoms with Gasteiger partial charge in [-0.1, -0.05) is 59.0 Å². The van der Waals surface area contributed by atoms with E-state index in [0.29, 0.717) is 0 Å². The minimum Gasteiger partial charge on any atom is -0.652 e. The molecule has 0 radical (unpaired) electrons. The van der Waals surface area contributed by atoms with Gasteiger partial charge >= 0.3 is 103 Å². The number of rotatable bonds is 1. The Morgan fingerprint density at radius 1 is 1.12 bits per heavy atom. The normalized spacial score (nSPS) is 5.53. The van der Waals surface area contributed by atoms with Crippen LogP contribution in [-0.4, -0.2) is 40.4 Å². The van der Waals surface area contributed by atoms with Gasteiger partial charge < -0.3 is 19.9 Å². The van der Waals surface area contributed by atoms with Gasteiger partial charge in [0.1, 0.15) is 0 Å². The van der Waals surface area contributed by atoms with Gasteiger partial charge in [0.15, 0.2) is 0 Å². The summed E-state index contributed by atoms with van der Waals surface area (Å²) in [5.74, 6) is 0. The number of hydrogen-bond acceptors (Lipinski definition) is 4. The van der Waals surface area contributed by atoms with Crippen LogP contribution in [0.25, 0.3) is 0 Å². The average Bonchev–Trinajstić information content (AvgIpc) is 2.06. The molecule has 0 aromatic rings. The number of hydrogen-bond donors (Lipinski definition) is 0. The van der Waals surface area contributed by atoms with E-state index in [4.69, 9.17) is 15.0 Å². The van der Waals surface area contributed by atoms with Crippen LogP contribution in [0.3, 0.4) is 0 Å². The summed E-state index contributed by atoms with van der Waals surface area (Å²) in [6, 6.07) is 0. The number of carboxylic acid groups (broad SMARTS) is 2. The van der Waals surface area contributed by atoms with Gasteiger partial charge in [-0.25, -0.2) is 0 Å². The second-order valence-corrected chi connectivity index (χ2v) is 4.90. The van der Waals surface area contributed by atoms with Gasteiger partial charge in [0, 0.05) is 14.1 Å². The monoisotopic (exact) mass is 523 g/mol. The fourth-order valence-corrected chi connectivity index (χ4v) is 0. The molecule has 94 valence electrons. The van der Waals surface area contributed by atoms with Crippen molar-refractivity contribution in [2.24, 2.45) is 0 Å². The number of alkyl halides is 2. The van der Waals surface area contributed by atoms with Gasteiger partial charge in [0.05, 0.1) is 0 Å². The fourth-order valence-electron chi connectivity index (χ4n) is 0. The summed E-state index contributed by atoms with van der Waals surface area (Å²) in [4.78, 5) is 19.2. The van der Waals surface area contributed by atoms with Crippen LogP contribution in [-0.2, 0) is 4.79 Å². The van der Waals surface area contributed by atoms with Crippen LogP contribution in [0.1, 0.15) is 13.8 Å². The van der Waals surface area contributed by atoms with E-state index in [1.165, 1.54) is 13.8 Å². The zero-order valence-corrected chi connectivity index (χ0v) is 21.9. The number of halogens is 2. The topological polar surface area (TPSA) is 83.5 Å². The van der Waals surface area contributed by atoms with Crippen molar-refractivity contribution in [3.8, 4) is 0 Å². The van der Waals surface area contributed by atoms with Crippen molar-refractivity contribution in [2.75, 3.05) is 23.0 Å². The molecular formula is C8H17I2K2NO4. The quantitative estimate of drug-likeness (QED) is 0.149. The van der Waals surface area contributed by atoms with Crippen molar-refractivity contribution in [3.63, 3.8) is 0 Å². The first-order valence-corrected chi connectivity index (χ1v) is 7.00. The van der Waals surface area contributed by atoms with Gasteiger partial charge in [0.25, 0.3) is 0 Å². The Morgan fingerprint density at radius 2 is 1.18 bits per heavy atom. The van der Waals surface area contributed by atoms with E-state index in [2.05, 4.69) is 59.0 Å². The molecule has 0 aliphatic rings.